The van der Waals surface area contributed by atoms with Crippen molar-refractivity contribution in [3.8, 4) is 6.07 Å². The molecule has 8 heteroatoms. The van der Waals surface area contributed by atoms with Gasteiger partial charge < -0.3 is 10.6 Å². The highest BCUT2D eigenvalue weighted by atomic mass is 32.1. The molecule has 1 saturated heterocycles. The van der Waals surface area contributed by atoms with E-state index in [0.29, 0.717) is 22.0 Å². The Morgan fingerprint density at radius 3 is 2.57 bits per heavy atom. The third-order valence-electron chi connectivity index (χ3n) is 4.77. The number of nitrogens with zero attached hydrogens (tertiary/aromatic N) is 2. The van der Waals surface area contributed by atoms with Crippen LogP contribution in [0.25, 0.3) is 0 Å². The third-order valence-corrected chi connectivity index (χ3v) is 5.60. The van der Waals surface area contributed by atoms with Gasteiger partial charge in [0, 0.05) is 0 Å². The fraction of sp³-hybridized carbons (Fsp3) is 0.300. The number of rotatable bonds is 5. The molecular weight excluding hydrogens is 376 g/mol. The SMILES string of the molecule is CC(C)c1ccc(C2(C)NC(=O)N(CC(=O)Nc3sccc3C#N)C2=O)cc1. The van der Waals surface area contributed by atoms with Crippen molar-refractivity contribution >= 4 is 34.2 Å². The normalized spacial score (nSPS) is 18.9. The van der Waals surface area contributed by atoms with Crippen molar-refractivity contribution in [3.05, 3.63) is 52.4 Å². The summed E-state index contributed by atoms with van der Waals surface area (Å²) in [5, 5.41) is 16.4. The molecule has 1 atom stereocenters. The van der Waals surface area contributed by atoms with Crippen LogP contribution in [0.5, 0.6) is 0 Å². The first kappa shape index (κ1) is 19.6. The monoisotopic (exact) mass is 396 g/mol. The summed E-state index contributed by atoms with van der Waals surface area (Å²) >= 11 is 1.20. The van der Waals surface area contributed by atoms with E-state index in [4.69, 9.17) is 5.26 Å². The number of nitriles is 1. The Balaban J connectivity index is 1.75. The number of anilines is 1. The van der Waals surface area contributed by atoms with Crippen LogP contribution < -0.4 is 10.6 Å². The average Bonchev–Trinajstić information content (AvgIpc) is 3.20. The lowest BCUT2D eigenvalue weighted by atomic mass is 9.90. The summed E-state index contributed by atoms with van der Waals surface area (Å²) in [7, 11) is 0. The summed E-state index contributed by atoms with van der Waals surface area (Å²) in [6.45, 7) is 5.35. The third kappa shape index (κ3) is 3.49. The van der Waals surface area contributed by atoms with Gasteiger partial charge in [-0.3, -0.25) is 14.5 Å². The molecule has 1 aromatic carbocycles. The van der Waals surface area contributed by atoms with Crippen LogP contribution >= 0.6 is 11.3 Å². The number of hydrogen-bond acceptors (Lipinski definition) is 5. The van der Waals surface area contributed by atoms with Gasteiger partial charge in [0.05, 0.1) is 5.56 Å². The molecule has 1 aliphatic rings. The van der Waals surface area contributed by atoms with Crippen molar-refractivity contribution in [1.29, 1.82) is 5.26 Å². The van der Waals surface area contributed by atoms with Gasteiger partial charge in [-0.05, 0) is 35.4 Å². The van der Waals surface area contributed by atoms with Gasteiger partial charge in [0.15, 0.2) is 0 Å². The molecule has 144 valence electrons. The summed E-state index contributed by atoms with van der Waals surface area (Å²) < 4.78 is 0. The fourth-order valence-corrected chi connectivity index (χ4v) is 3.80. The van der Waals surface area contributed by atoms with Gasteiger partial charge in [-0.1, -0.05) is 38.1 Å². The van der Waals surface area contributed by atoms with E-state index in [1.807, 2.05) is 30.3 Å². The number of carbonyl (C=O) groups is 3. The average molecular weight is 396 g/mol. The minimum absolute atomic E-state index is 0.339. The van der Waals surface area contributed by atoms with E-state index >= 15 is 0 Å². The Morgan fingerprint density at radius 1 is 1.29 bits per heavy atom. The predicted molar refractivity (Wildman–Crippen MR) is 106 cm³/mol. The largest absolute Gasteiger partial charge is 0.325 e. The number of nitrogens with one attached hydrogen (secondary N) is 2. The number of amides is 4. The van der Waals surface area contributed by atoms with Gasteiger partial charge in [0.2, 0.25) is 5.91 Å². The zero-order chi connectivity index (χ0) is 20.5. The first-order valence-electron chi connectivity index (χ1n) is 8.78. The number of benzene rings is 1. The maximum atomic E-state index is 12.9. The lowest BCUT2D eigenvalue weighted by molar-refractivity contribution is -0.133. The second kappa shape index (κ2) is 7.44. The lowest BCUT2D eigenvalue weighted by Crippen LogP contribution is -2.42. The highest BCUT2D eigenvalue weighted by molar-refractivity contribution is 7.14. The second-order valence-electron chi connectivity index (χ2n) is 7.05. The topological polar surface area (TPSA) is 102 Å². The Labute approximate surface area is 167 Å². The maximum Gasteiger partial charge on any atom is 0.325 e. The Bertz CT molecular complexity index is 974. The summed E-state index contributed by atoms with van der Waals surface area (Å²) in [5.41, 5.74) is 0.895. The molecule has 0 spiro atoms. The number of urea groups is 1. The molecule has 0 aliphatic carbocycles. The van der Waals surface area contributed by atoms with Gasteiger partial charge in [0.1, 0.15) is 23.2 Å². The number of hydrogen-bond donors (Lipinski definition) is 2. The van der Waals surface area contributed by atoms with E-state index in [9.17, 15) is 14.4 Å². The van der Waals surface area contributed by atoms with Crippen molar-refractivity contribution in [1.82, 2.24) is 10.2 Å². The summed E-state index contributed by atoms with van der Waals surface area (Å²) in [4.78, 5) is 38.5. The summed E-state index contributed by atoms with van der Waals surface area (Å²) in [5.74, 6) is -0.676. The van der Waals surface area contributed by atoms with Crippen molar-refractivity contribution in [2.24, 2.45) is 0 Å². The van der Waals surface area contributed by atoms with Crippen LogP contribution in [0.2, 0.25) is 0 Å². The molecule has 2 aromatic rings. The van der Waals surface area contributed by atoms with Crippen LogP contribution in [0.1, 0.15) is 43.4 Å². The standard InChI is InChI=1S/C20H20N4O3S/c1-12(2)13-4-6-15(7-5-13)20(3)18(26)24(19(27)23-20)11-16(25)22-17-14(10-21)8-9-28-17/h4-9,12H,11H2,1-3H3,(H,22,25)(H,23,27). The van der Waals surface area contributed by atoms with Gasteiger partial charge in [-0.2, -0.15) is 5.26 Å². The Hall–Kier alpha value is -3.18. The summed E-state index contributed by atoms with van der Waals surface area (Å²) in [6, 6.07) is 10.4. The van der Waals surface area contributed by atoms with Crippen LogP contribution in [-0.2, 0) is 15.1 Å². The van der Waals surface area contributed by atoms with Crippen molar-refractivity contribution in [3.63, 3.8) is 0 Å². The lowest BCUT2D eigenvalue weighted by Gasteiger charge is -2.22. The minimum Gasteiger partial charge on any atom is -0.319 e. The van der Waals surface area contributed by atoms with E-state index < -0.39 is 29.9 Å². The molecule has 0 radical (unpaired) electrons. The summed E-state index contributed by atoms with van der Waals surface area (Å²) in [6.07, 6.45) is 0. The molecule has 1 aliphatic heterocycles. The van der Waals surface area contributed by atoms with Crippen molar-refractivity contribution < 1.29 is 14.4 Å². The van der Waals surface area contributed by atoms with E-state index in [1.165, 1.54) is 11.3 Å². The molecule has 7 nitrogen and oxygen atoms in total. The molecule has 0 saturated carbocycles. The molecule has 28 heavy (non-hydrogen) atoms. The van der Waals surface area contributed by atoms with Crippen LogP contribution in [0, 0.1) is 11.3 Å². The zero-order valence-corrected chi connectivity index (χ0v) is 16.6. The van der Waals surface area contributed by atoms with Gasteiger partial charge in [-0.25, -0.2) is 4.79 Å². The quantitative estimate of drug-likeness (QED) is 0.758. The van der Waals surface area contributed by atoms with Crippen LogP contribution in [0.15, 0.2) is 35.7 Å². The first-order valence-corrected chi connectivity index (χ1v) is 9.66. The molecule has 2 N–H and O–H groups in total. The molecule has 1 aromatic heterocycles. The van der Waals surface area contributed by atoms with Gasteiger partial charge in [-0.15, -0.1) is 11.3 Å². The molecule has 2 heterocycles. The highest BCUT2D eigenvalue weighted by Crippen LogP contribution is 2.30. The Kier molecular flexibility index (Phi) is 5.21. The van der Waals surface area contributed by atoms with Gasteiger partial charge >= 0.3 is 6.03 Å². The fourth-order valence-electron chi connectivity index (χ4n) is 3.04. The number of thiophene rings is 1. The molecule has 1 unspecified atom stereocenters. The second-order valence-corrected chi connectivity index (χ2v) is 7.96. The van der Waals surface area contributed by atoms with Crippen molar-refractivity contribution in [2.75, 3.05) is 11.9 Å². The Morgan fingerprint density at radius 2 is 1.96 bits per heavy atom. The molecular formula is C20H20N4O3S. The highest BCUT2D eigenvalue weighted by Gasteiger charge is 2.49. The number of imide groups is 1. The zero-order valence-electron chi connectivity index (χ0n) is 15.8. The van der Waals surface area contributed by atoms with Crippen molar-refractivity contribution in [2.45, 2.75) is 32.2 Å². The van der Waals surface area contributed by atoms with E-state index in [-0.39, 0.29) is 0 Å². The smallest absolute Gasteiger partial charge is 0.319 e. The van der Waals surface area contributed by atoms with Gasteiger partial charge in [0.25, 0.3) is 5.91 Å². The van der Waals surface area contributed by atoms with Crippen LogP contribution in [0.4, 0.5) is 9.80 Å². The van der Waals surface area contributed by atoms with Crippen LogP contribution in [-0.4, -0.2) is 29.3 Å². The molecule has 4 amide bonds. The maximum absolute atomic E-state index is 12.9. The predicted octanol–water partition coefficient (Wildman–Crippen LogP) is 3.15. The molecule has 3 rings (SSSR count). The first-order chi connectivity index (χ1) is 13.3. The van der Waals surface area contributed by atoms with E-state index in [2.05, 4.69) is 24.5 Å². The van der Waals surface area contributed by atoms with E-state index in [1.54, 1.807) is 18.4 Å². The van der Waals surface area contributed by atoms with Crippen LogP contribution in [0.3, 0.4) is 0 Å². The number of carbonyl (C=O) groups excluding carboxylic acids is 3. The minimum atomic E-state index is -1.23. The molecule has 0 bridgehead atoms. The van der Waals surface area contributed by atoms with E-state index in [0.717, 1.165) is 10.5 Å². The molecule has 1 fully saturated rings.